The van der Waals surface area contributed by atoms with E-state index >= 15 is 0 Å². The topological polar surface area (TPSA) is 90.5 Å². The van der Waals surface area contributed by atoms with Crippen molar-refractivity contribution in [3.05, 3.63) is 54.1 Å². The third-order valence-electron chi connectivity index (χ3n) is 3.48. The first-order chi connectivity index (χ1) is 12.3. The zero-order chi connectivity index (χ0) is 19.1. The number of carbonyl (C=O) groups is 3. The van der Waals surface area contributed by atoms with Crippen molar-refractivity contribution in [2.24, 2.45) is 0 Å². The molecule has 0 unspecified atom stereocenters. The molecule has 136 valence electrons. The summed E-state index contributed by atoms with van der Waals surface area (Å²) < 4.78 is 0. The summed E-state index contributed by atoms with van der Waals surface area (Å²) >= 11 is 0. The van der Waals surface area contributed by atoms with Gasteiger partial charge in [-0.05, 0) is 48.5 Å². The molecular formula is C19H22N4O3. The average molecular weight is 354 g/mol. The average Bonchev–Trinajstić information content (AvgIpc) is 2.60. The summed E-state index contributed by atoms with van der Waals surface area (Å²) in [6.07, 6.45) is 0. The van der Waals surface area contributed by atoms with Gasteiger partial charge in [-0.1, -0.05) is 0 Å². The summed E-state index contributed by atoms with van der Waals surface area (Å²) in [6.45, 7) is 1.54. The largest absolute Gasteiger partial charge is 0.376 e. The SMILES string of the molecule is CC(=O)Nc1ccc(NCC(=O)Nc2ccc(C(=O)N(C)C)cc2)cc1. The summed E-state index contributed by atoms with van der Waals surface area (Å²) in [7, 11) is 3.37. The summed E-state index contributed by atoms with van der Waals surface area (Å²) in [6, 6.07) is 13.8. The molecule has 7 nitrogen and oxygen atoms in total. The lowest BCUT2D eigenvalue weighted by Gasteiger charge is -2.11. The lowest BCUT2D eigenvalue weighted by molar-refractivity contribution is -0.115. The molecular weight excluding hydrogens is 332 g/mol. The molecule has 7 heteroatoms. The Bertz CT molecular complexity index is 783. The standard InChI is InChI=1S/C19H22N4O3/c1-13(24)21-16-10-8-15(9-11-16)20-12-18(25)22-17-6-4-14(5-7-17)19(26)23(2)3/h4-11,20H,12H2,1-3H3,(H,21,24)(H,22,25). The summed E-state index contributed by atoms with van der Waals surface area (Å²) in [5, 5.41) is 8.44. The molecule has 0 heterocycles. The van der Waals surface area contributed by atoms with Gasteiger partial charge in [-0.3, -0.25) is 14.4 Å². The van der Waals surface area contributed by atoms with Gasteiger partial charge in [0.15, 0.2) is 0 Å². The minimum atomic E-state index is -0.206. The van der Waals surface area contributed by atoms with Crippen LogP contribution in [0.2, 0.25) is 0 Å². The van der Waals surface area contributed by atoms with E-state index in [0.717, 1.165) is 5.69 Å². The van der Waals surface area contributed by atoms with E-state index in [2.05, 4.69) is 16.0 Å². The highest BCUT2D eigenvalue weighted by atomic mass is 16.2. The van der Waals surface area contributed by atoms with Crippen molar-refractivity contribution in [3.8, 4) is 0 Å². The number of nitrogens with one attached hydrogen (secondary N) is 3. The van der Waals surface area contributed by atoms with Crippen LogP contribution < -0.4 is 16.0 Å². The van der Waals surface area contributed by atoms with Crippen LogP contribution in [-0.4, -0.2) is 43.3 Å². The molecule has 0 atom stereocenters. The van der Waals surface area contributed by atoms with Crippen LogP contribution in [0.15, 0.2) is 48.5 Å². The van der Waals surface area contributed by atoms with Crippen molar-refractivity contribution in [1.29, 1.82) is 0 Å². The molecule has 0 saturated heterocycles. The predicted molar refractivity (Wildman–Crippen MR) is 102 cm³/mol. The number of amides is 3. The molecule has 26 heavy (non-hydrogen) atoms. The van der Waals surface area contributed by atoms with Gasteiger partial charge < -0.3 is 20.9 Å². The van der Waals surface area contributed by atoms with E-state index in [9.17, 15) is 14.4 Å². The molecule has 0 spiro atoms. The van der Waals surface area contributed by atoms with Gasteiger partial charge in [-0.2, -0.15) is 0 Å². The van der Waals surface area contributed by atoms with E-state index in [1.54, 1.807) is 62.6 Å². The molecule has 3 N–H and O–H groups in total. The number of carbonyl (C=O) groups excluding carboxylic acids is 3. The minimum absolute atomic E-state index is 0.0905. The molecule has 0 aromatic heterocycles. The molecule has 0 bridgehead atoms. The zero-order valence-electron chi connectivity index (χ0n) is 15.0. The minimum Gasteiger partial charge on any atom is -0.376 e. The van der Waals surface area contributed by atoms with E-state index in [1.165, 1.54) is 11.8 Å². The van der Waals surface area contributed by atoms with Crippen molar-refractivity contribution in [2.75, 3.05) is 36.6 Å². The van der Waals surface area contributed by atoms with Crippen LogP contribution in [0.25, 0.3) is 0 Å². The van der Waals surface area contributed by atoms with Gasteiger partial charge in [0.1, 0.15) is 0 Å². The second kappa shape index (κ2) is 8.66. The van der Waals surface area contributed by atoms with Crippen molar-refractivity contribution in [3.63, 3.8) is 0 Å². The van der Waals surface area contributed by atoms with Gasteiger partial charge in [0, 0.05) is 43.6 Å². The maximum absolute atomic E-state index is 12.0. The lowest BCUT2D eigenvalue weighted by Crippen LogP contribution is -2.23. The van der Waals surface area contributed by atoms with E-state index in [0.29, 0.717) is 16.9 Å². The summed E-state index contributed by atoms with van der Waals surface area (Å²) in [4.78, 5) is 36.3. The smallest absolute Gasteiger partial charge is 0.253 e. The van der Waals surface area contributed by atoms with Gasteiger partial charge in [0.2, 0.25) is 11.8 Å². The first-order valence-electron chi connectivity index (χ1n) is 8.08. The molecule has 2 rings (SSSR count). The Hall–Kier alpha value is -3.35. The number of hydrogen-bond donors (Lipinski definition) is 3. The molecule has 3 amide bonds. The van der Waals surface area contributed by atoms with E-state index in [4.69, 9.17) is 0 Å². The quantitative estimate of drug-likeness (QED) is 0.743. The van der Waals surface area contributed by atoms with Crippen molar-refractivity contribution >= 4 is 34.8 Å². The second-order valence-corrected chi connectivity index (χ2v) is 5.94. The van der Waals surface area contributed by atoms with E-state index < -0.39 is 0 Å². The first kappa shape index (κ1) is 19.0. The first-order valence-corrected chi connectivity index (χ1v) is 8.08. The monoisotopic (exact) mass is 354 g/mol. The fourth-order valence-corrected chi connectivity index (χ4v) is 2.22. The molecule has 0 saturated carbocycles. The molecule has 0 aliphatic carbocycles. The molecule has 0 aliphatic rings. The van der Waals surface area contributed by atoms with E-state index in [1.807, 2.05) is 0 Å². The Morgan fingerprint density at radius 3 is 1.85 bits per heavy atom. The number of benzene rings is 2. The Labute approximate surface area is 152 Å². The predicted octanol–water partition coefficient (Wildman–Crippen LogP) is 2.40. The van der Waals surface area contributed by atoms with Crippen molar-refractivity contribution < 1.29 is 14.4 Å². The summed E-state index contributed by atoms with van der Waals surface area (Å²) in [5.41, 5.74) is 2.64. The van der Waals surface area contributed by atoms with Crippen molar-refractivity contribution in [1.82, 2.24) is 4.90 Å². The van der Waals surface area contributed by atoms with Gasteiger partial charge in [0.05, 0.1) is 6.54 Å². The molecule has 0 radical (unpaired) electrons. The zero-order valence-corrected chi connectivity index (χ0v) is 15.0. The van der Waals surface area contributed by atoms with Gasteiger partial charge >= 0.3 is 0 Å². The normalized spacial score (nSPS) is 9.96. The van der Waals surface area contributed by atoms with Crippen LogP contribution in [-0.2, 0) is 9.59 Å². The Kier molecular flexibility index (Phi) is 6.32. The Balaban J connectivity index is 1.85. The van der Waals surface area contributed by atoms with Crippen LogP contribution in [0.4, 0.5) is 17.1 Å². The lowest BCUT2D eigenvalue weighted by atomic mass is 10.2. The maximum Gasteiger partial charge on any atom is 0.253 e. The Morgan fingerprint density at radius 1 is 0.808 bits per heavy atom. The van der Waals surface area contributed by atoms with Crippen LogP contribution in [0.3, 0.4) is 0 Å². The van der Waals surface area contributed by atoms with Gasteiger partial charge in [0.25, 0.3) is 5.91 Å². The van der Waals surface area contributed by atoms with E-state index in [-0.39, 0.29) is 24.3 Å². The highest BCUT2D eigenvalue weighted by molar-refractivity contribution is 5.96. The second-order valence-electron chi connectivity index (χ2n) is 5.94. The van der Waals surface area contributed by atoms with Crippen LogP contribution >= 0.6 is 0 Å². The highest BCUT2D eigenvalue weighted by Gasteiger charge is 2.08. The van der Waals surface area contributed by atoms with Gasteiger partial charge in [-0.25, -0.2) is 0 Å². The number of nitrogens with zero attached hydrogens (tertiary/aromatic N) is 1. The van der Waals surface area contributed by atoms with Gasteiger partial charge in [-0.15, -0.1) is 0 Å². The summed E-state index contributed by atoms with van der Waals surface area (Å²) in [5.74, 6) is -0.432. The fraction of sp³-hybridized carbons (Fsp3) is 0.211. The third-order valence-corrected chi connectivity index (χ3v) is 3.48. The molecule has 2 aromatic rings. The number of hydrogen-bond acceptors (Lipinski definition) is 4. The molecule has 0 aliphatic heterocycles. The maximum atomic E-state index is 12.0. The van der Waals surface area contributed by atoms with Crippen molar-refractivity contribution in [2.45, 2.75) is 6.92 Å². The Morgan fingerprint density at radius 2 is 1.31 bits per heavy atom. The molecule has 0 fully saturated rings. The number of rotatable bonds is 6. The fourth-order valence-electron chi connectivity index (χ4n) is 2.22. The third kappa shape index (κ3) is 5.62. The molecule has 2 aromatic carbocycles. The van der Waals surface area contributed by atoms with Crippen LogP contribution in [0.1, 0.15) is 17.3 Å². The number of anilines is 3. The highest BCUT2D eigenvalue weighted by Crippen LogP contribution is 2.14. The van der Waals surface area contributed by atoms with Crippen LogP contribution in [0.5, 0.6) is 0 Å². The van der Waals surface area contributed by atoms with Crippen LogP contribution in [0, 0.1) is 0 Å².